The molecule has 0 saturated heterocycles. The van der Waals surface area contributed by atoms with Crippen LogP contribution in [-0.4, -0.2) is 40.6 Å². The lowest BCUT2D eigenvalue weighted by Crippen LogP contribution is -2.47. The summed E-state index contributed by atoms with van der Waals surface area (Å²) in [6.07, 6.45) is -0.158. The highest BCUT2D eigenvalue weighted by molar-refractivity contribution is 6.20. The van der Waals surface area contributed by atoms with Gasteiger partial charge in [0.25, 0.3) is 11.8 Å². The molecule has 0 spiro atoms. The van der Waals surface area contributed by atoms with Gasteiger partial charge in [0.15, 0.2) is 0 Å². The molecule has 0 fully saturated rings. The first-order chi connectivity index (χ1) is 14.7. The Morgan fingerprint density at radius 3 is 2.03 bits per heavy atom. The van der Waals surface area contributed by atoms with Crippen LogP contribution in [0.3, 0.4) is 0 Å². The molecular formula is C23H24N2O6. The van der Waals surface area contributed by atoms with Crippen LogP contribution < -0.4 is 5.32 Å². The normalized spacial score (nSPS) is 14.1. The molecular weight excluding hydrogens is 400 g/mol. The van der Waals surface area contributed by atoms with Crippen molar-refractivity contribution in [3.63, 3.8) is 0 Å². The molecule has 1 aliphatic heterocycles. The van der Waals surface area contributed by atoms with E-state index < -0.39 is 35.5 Å². The highest BCUT2D eigenvalue weighted by Crippen LogP contribution is 2.23. The number of carbonyl (C=O) groups is 4. The average molecular weight is 424 g/mol. The number of fused-ring (bicyclic) bond motifs is 1. The zero-order valence-corrected chi connectivity index (χ0v) is 17.6. The highest BCUT2D eigenvalue weighted by atomic mass is 16.7. The third-order valence-electron chi connectivity index (χ3n) is 4.48. The molecule has 8 nitrogen and oxygen atoms in total. The van der Waals surface area contributed by atoms with Gasteiger partial charge in [-0.1, -0.05) is 47.5 Å². The Morgan fingerprint density at radius 1 is 0.935 bits per heavy atom. The maximum absolute atomic E-state index is 12.8. The Morgan fingerprint density at radius 2 is 1.48 bits per heavy atom. The standard InChI is InChI=1S/C23H24N2O6/c1-23(2,3)30-22(29)24-18(14-13-15-9-5-4-6-10-15)21(28)31-25-19(26)16-11-7-8-12-17(16)20(25)27/h4-12,18H,13-14H2,1-3H3,(H,24,29)/t18-/m1/s1. The maximum atomic E-state index is 12.8. The second-order valence-electron chi connectivity index (χ2n) is 8.08. The van der Waals surface area contributed by atoms with Crippen molar-refractivity contribution in [1.82, 2.24) is 10.4 Å². The van der Waals surface area contributed by atoms with Crippen LogP contribution in [0.4, 0.5) is 4.79 Å². The molecule has 1 aliphatic rings. The van der Waals surface area contributed by atoms with Gasteiger partial charge in [-0.05, 0) is 51.3 Å². The molecule has 3 rings (SSSR count). The number of amides is 3. The molecule has 0 radical (unpaired) electrons. The second kappa shape index (κ2) is 8.99. The van der Waals surface area contributed by atoms with Crippen LogP contribution in [-0.2, 0) is 20.8 Å². The molecule has 0 aromatic heterocycles. The number of nitrogens with zero attached hydrogens (tertiary/aromatic N) is 1. The fraction of sp³-hybridized carbons (Fsp3) is 0.304. The van der Waals surface area contributed by atoms with Crippen molar-refractivity contribution in [1.29, 1.82) is 0 Å². The molecule has 1 atom stereocenters. The lowest BCUT2D eigenvalue weighted by molar-refractivity contribution is -0.171. The molecule has 0 aliphatic carbocycles. The van der Waals surface area contributed by atoms with Gasteiger partial charge < -0.3 is 14.9 Å². The van der Waals surface area contributed by atoms with Gasteiger partial charge in [-0.25, -0.2) is 9.59 Å². The zero-order chi connectivity index (χ0) is 22.6. The van der Waals surface area contributed by atoms with E-state index in [0.717, 1.165) is 5.56 Å². The minimum absolute atomic E-state index is 0.154. The van der Waals surface area contributed by atoms with E-state index in [1.807, 2.05) is 30.3 Å². The largest absolute Gasteiger partial charge is 0.444 e. The first kappa shape index (κ1) is 22.0. The number of hydrogen-bond donors (Lipinski definition) is 1. The summed E-state index contributed by atoms with van der Waals surface area (Å²) >= 11 is 0. The number of benzene rings is 2. The summed E-state index contributed by atoms with van der Waals surface area (Å²) in [4.78, 5) is 55.1. The fourth-order valence-electron chi connectivity index (χ4n) is 3.06. The highest BCUT2D eigenvalue weighted by Gasteiger charge is 2.40. The number of aryl methyl sites for hydroxylation is 1. The number of rotatable bonds is 6. The van der Waals surface area contributed by atoms with Crippen LogP contribution in [0.5, 0.6) is 0 Å². The number of alkyl carbamates (subject to hydrolysis) is 1. The molecule has 0 bridgehead atoms. The summed E-state index contributed by atoms with van der Waals surface area (Å²) in [5.74, 6) is -2.39. The Hall–Kier alpha value is -3.68. The van der Waals surface area contributed by atoms with Crippen LogP contribution in [0.1, 0.15) is 53.5 Å². The average Bonchev–Trinajstić information content (AvgIpc) is 2.95. The van der Waals surface area contributed by atoms with Gasteiger partial charge in [0.1, 0.15) is 11.6 Å². The molecule has 2 aromatic rings. The van der Waals surface area contributed by atoms with Gasteiger partial charge in [-0.3, -0.25) is 9.59 Å². The predicted molar refractivity (Wildman–Crippen MR) is 111 cm³/mol. The number of carbonyl (C=O) groups excluding carboxylic acids is 4. The van der Waals surface area contributed by atoms with Crippen LogP contribution in [0.25, 0.3) is 0 Å². The smallest absolute Gasteiger partial charge is 0.408 e. The summed E-state index contributed by atoms with van der Waals surface area (Å²) in [6.45, 7) is 5.09. The second-order valence-corrected chi connectivity index (χ2v) is 8.08. The van der Waals surface area contributed by atoms with E-state index in [4.69, 9.17) is 9.57 Å². The van der Waals surface area contributed by atoms with E-state index in [2.05, 4.69) is 5.32 Å². The zero-order valence-electron chi connectivity index (χ0n) is 17.6. The van der Waals surface area contributed by atoms with Crippen molar-refractivity contribution < 1.29 is 28.8 Å². The van der Waals surface area contributed by atoms with Crippen LogP contribution in [0.15, 0.2) is 54.6 Å². The van der Waals surface area contributed by atoms with Crippen LogP contribution >= 0.6 is 0 Å². The molecule has 1 N–H and O–H groups in total. The van der Waals surface area contributed by atoms with Gasteiger partial charge in [-0.2, -0.15) is 0 Å². The number of hydroxylamine groups is 2. The summed E-state index contributed by atoms with van der Waals surface area (Å²) in [5.41, 5.74) is 0.495. The summed E-state index contributed by atoms with van der Waals surface area (Å²) in [5, 5.41) is 2.91. The Balaban J connectivity index is 1.73. The van der Waals surface area contributed by atoms with E-state index in [1.54, 1.807) is 32.9 Å². The van der Waals surface area contributed by atoms with E-state index >= 15 is 0 Å². The fourth-order valence-corrected chi connectivity index (χ4v) is 3.06. The number of ether oxygens (including phenoxy) is 1. The van der Waals surface area contributed by atoms with Crippen molar-refractivity contribution in [3.8, 4) is 0 Å². The van der Waals surface area contributed by atoms with Gasteiger partial charge in [0.05, 0.1) is 11.1 Å². The van der Waals surface area contributed by atoms with E-state index in [-0.39, 0.29) is 17.5 Å². The topological polar surface area (TPSA) is 102 Å². The first-order valence-electron chi connectivity index (χ1n) is 9.89. The van der Waals surface area contributed by atoms with Gasteiger partial charge in [0.2, 0.25) is 0 Å². The van der Waals surface area contributed by atoms with Gasteiger partial charge in [-0.15, -0.1) is 0 Å². The molecule has 8 heteroatoms. The first-order valence-corrected chi connectivity index (χ1v) is 9.89. The van der Waals surface area contributed by atoms with Gasteiger partial charge >= 0.3 is 12.1 Å². The summed E-state index contributed by atoms with van der Waals surface area (Å²) in [7, 11) is 0. The van der Waals surface area contributed by atoms with Gasteiger partial charge in [0, 0.05) is 0 Å². The Bertz CT molecular complexity index is 962. The summed E-state index contributed by atoms with van der Waals surface area (Å²) in [6, 6.07) is 14.4. The molecule has 0 saturated carbocycles. The van der Waals surface area contributed by atoms with Crippen molar-refractivity contribution in [2.24, 2.45) is 0 Å². The molecule has 31 heavy (non-hydrogen) atoms. The van der Waals surface area contributed by atoms with Crippen molar-refractivity contribution in [3.05, 3.63) is 71.3 Å². The number of hydrogen-bond acceptors (Lipinski definition) is 6. The molecule has 0 unspecified atom stereocenters. The summed E-state index contributed by atoms with van der Waals surface area (Å²) < 4.78 is 5.23. The number of imide groups is 1. The molecule has 162 valence electrons. The molecule has 2 aromatic carbocycles. The number of nitrogens with one attached hydrogen (secondary N) is 1. The third-order valence-corrected chi connectivity index (χ3v) is 4.48. The predicted octanol–water partition coefficient (Wildman–Crippen LogP) is 3.27. The maximum Gasteiger partial charge on any atom is 0.408 e. The van der Waals surface area contributed by atoms with E-state index in [1.165, 1.54) is 12.1 Å². The minimum Gasteiger partial charge on any atom is -0.444 e. The minimum atomic E-state index is -1.13. The van der Waals surface area contributed by atoms with Crippen LogP contribution in [0.2, 0.25) is 0 Å². The Kier molecular flexibility index (Phi) is 6.39. The monoisotopic (exact) mass is 424 g/mol. The quantitative estimate of drug-likeness (QED) is 0.714. The van der Waals surface area contributed by atoms with Crippen molar-refractivity contribution in [2.75, 3.05) is 0 Å². The molecule has 1 heterocycles. The van der Waals surface area contributed by atoms with Crippen molar-refractivity contribution >= 4 is 23.9 Å². The lowest BCUT2D eigenvalue weighted by atomic mass is 10.1. The van der Waals surface area contributed by atoms with Crippen molar-refractivity contribution in [2.45, 2.75) is 45.3 Å². The van der Waals surface area contributed by atoms with Crippen LogP contribution in [0, 0.1) is 0 Å². The third kappa shape index (κ3) is 5.48. The SMILES string of the molecule is CC(C)(C)OC(=O)N[C@H](CCc1ccccc1)C(=O)ON1C(=O)c2ccccc2C1=O. The van der Waals surface area contributed by atoms with E-state index in [0.29, 0.717) is 11.5 Å². The Labute approximate surface area is 180 Å². The molecule has 3 amide bonds. The van der Waals surface area contributed by atoms with E-state index in [9.17, 15) is 19.2 Å². The lowest BCUT2D eigenvalue weighted by Gasteiger charge is -2.23.